The number of fused-ring (bicyclic) bond motifs is 2. The molecular formula is C31H36ClN5O3S. The number of aromatic amines is 1. The second-order valence-corrected chi connectivity index (χ2v) is 12.2. The van der Waals surface area contributed by atoms with Crippen LogP contribution >= 0.6 is 12.4 Å². The van der Waals surface area contributed by atoms with Crippen LogP contribution in [0.15, 0.2) is 77.7 Å². The summed E-state index contributed by atoms with van der Waals surface area (Å²) in [5.74, 6) is 2.63. The van der Waals surface area contributed by atoms with Gasteiger partial charge >= 0.3 is 0 Å². The molecule has 0 bridgehead atoms. The van der Waals surface area contributed by atoms with Crippen LogP contribution in [0.4, 0.5) is 5.82 Å². The van der Waals surface area contributed by atoms with Crippen molar-refractivity contribution in [1.29, 1.82) is 0 Å². The number of hydrogen-bond acceptors (Lipinski definition) is 5. The molecule has 0 radical (unpaired) electrons. The molecule has 2 aliphatic heterocycles. The van der Waals surface area contributed by atoms with Crippen LogP contribution in [0.2, 0.25) is 0 Å². The van der Waals surface area contributed by atoms with Crippen LogP contribution in [-0.4, -0.2) is 35.4 Å². The molecule has 0 atom stereocenters. The van der Waals surface area contributed by atoms with Crippen LogP contribution < -0.4 is 10.5 Å². The molecule has 10 heteroatoms. The van der Waals surface area contributed by atoms with Gasteiger partial charge in [0.05, 0.1) is 16.3 Å². The van der Waals surface area contributed by atoms with Gasteiger partial charge in [0.2, 0.25) is 10.0 Å². The minimum Gasteiger partial charge on any atom is -0.412 e. The lowest BCUT2D eigenvalue weighted by Crippen LogP contribution is -2.24. The predicted molar refractivity (Wildman–Crippen MR) is 167 cm³/mol. The van der Waals surface area contributed by atoms with Crippen molar-refractivity contribution in [3.63, 3.8) is 0 Å². The molecule has 3 aromatic rings. The maximum atomic E-state index is 12.5. The molecule has 1 fully saturated rings. The van der Waals surface area contributed by atoms with Gasteiger partial charge in [-0.25, -0.2) is 23.5 Å². The molecule has 0 saturated heterocycles. The number of halogens is 1. The van der Waals surface area contributed by atoms with Gasteiger partial charge in [-0.15, -0.1) is 12.4 Å². The highest BCUT2D eigenvalue weighted by molar-refractivity contribution is 7.89. The molecule has 3 aliphatic rings. The van der Waals surface area contributed by atoms with Gasteiger partial charge in [0, 0.05) is 17.5 Å². The fraction of sp³-hybridized carbons (Fsp3) is 0.290. The molecule has 1 saturated carbocycles. The van der Waals surface area contributed by atoms with E-state index in [9.17, 15) is 8.42 Å². The molecule has 1 aliphatic carbocycles. The number of hydrogen-bond donors (Lipinski definition) is 3. The van der Waals surface area contributed by atoms with Gasteiger partial charge in [0.25, 0.3) is 0 Å². The summed E-state index contributed by atoms with van der Waals surface area (Å²) in [6.07, 6.45) is 5.01. The lowest BCUT2D eigenvalue weighted by atomic mass is 9.79. The topological polar surface area (TPSA) is 145 Å². The second-order valence-electron chi connectivity index (χ2n) is 10.7. The number of aromatic nitrogens is 3. The Hall–Kier alpha value is -3.50. The number of nitrogens with one attached hydrogen (secondary N) is 2. The number of aryl methyl sites for hydroxylation is 1. The van der Waals surface area contributed by atoms with E-state index in [0.29, 0.717) is 17.2 Å². The molecule has 0 spiro atoms. The lowest BCUT2D eigenvalue weighted by Gasteiger charge is -2.29. The van der Waals surface area contributed by atoms with E-state index >= 15 is 0 Å². The molecule has 6 rings (SSSR count). The zero-order chi connectivity index (χ0) is 27.0. The van der Waals surface area contributed by atoms with Gasteiger partial charge in [-0.3, -0.25) is 0 Å². The number of nitrogens with two attached hydrogens (primary N) is 1. The maximum absolute atomic E-state index is 12.5. The van der Waals surface area contributed by atoms with Gasteiger partial charge in [-0.1, -0.05) is 66.7 Å². The van der Waals surface area contributed by atoms with Crippen LogP contribution in [0.1, 0.15) is 37.1 Å². The Morgan fingerprint density at radius 1 is 0.927 bits per heavy atom. The largest absolute Gasteiger partial charge is 0.412 e. The summed E-state index contributed by atoms with van der Waals surface area (Å²) in [5.41, 5.74) is 4.69. The molecule has 3 aromatic carbocycles. The van der Waals surface area contributed by atoms with Gasteiger partial charge in [-0.05, 0) is 67.9 Å². The summed E-state index contributed by atoms with van der Waals surface area (Å²) in [6, 6.07) is 23.8. The molecule has 8 nitrogen and oxygen atoms in total. The Labute approximate surface area is 246 Å². The second kappa shape index (κ2) is 12.6. The van der Waals surface area contributed by atoms with E-state index in [0.717, 1.165) is 83.9 Å². The lowest BCUT2D eigenvalue weighted by molar-refractivity contribution is 0.281. The fourth-order valence-electron chi connectivity index (χ4n) is 5.99. The van der Waals surface area contributed by atoms with E-state index in [1.54, 1.807) is 0 Å². The van der Waals surface area contributed by atoms with E-state index in [1.807, 2.05) is 61.5 Å². The number of nitrogens with zero attached hydrogens (tertiary/aromatic N) is 2. The van der Waals surface area contributed by atoms with Gasteiger partial charge < -0.3 is 15.8 Å². The van der Waals surface area contributed by atoms with Crippen molar-refractivity contribution in [2.45, 2.75) is 43.9 Å². The molecule has 216 valence electrons. The van der Waals surface area contributed by atoms with E-state index in [-0.39, 0.29) is 22.8 Å². The van der Waals surface area contributed by atoms with Crippen molar-refractivity contribution in [3.05, 3.63) is 84.2 Å². The van der Waals surface area contributed by atoms with Crippen molar-refractivity contribution >= 4 is 39.0 Å². The van der Waals surface area contributed by atoms with Gasteiger partial charge in [0.1, 0.15) is 11.5 Å². The average molecular weight is 594 g/mol. The SMILES string of the molecule is Cc1nc(NC[C@H]2CC[C@H](Cc3ccc4ccccc4c3S(N)(=O)=O)CC2)c2nc(-c3ccccc3)cc-2[nH]1.Cl.O. The molecular weight excluding hydrogens is 558 g/mol. The normalized spacial score (nSPS) is 17.1. The maximum Gasteiger partial charge on any atom is 0.238 e. The summed E-state index contributed by atoms with van der Waals surface area (Å²) in [6.45, 7) is 2.80. The van der Waals surface area contributed by atoms with Crippen LogP contribution in [-0.2, 0) is 16.4 Å². The highest BCUT2D eigenvalue weighted by Gasteiger charge is 2.26. The van der Waals surface area contributed by atoms with E-state index < -0.39 is 10.0 Å². The standard InChI is InChI=1S/C31H33N5O2S.ClH.H2O/c1-20-34-28-18-27(24-8-3-2-4-9-24)36-29(28)31(35-20)33-19-22-13-11-21(12-14-22)17-25-16-15-23-7-5-6-10-26(23)30(25)39(32,37)38;;/h2-10,15-16,18,21-22,33H,11-14,17,19H2,1H3,(H,34,35)(H2,32,37,38);1H;1H2/t21-,22-;;. The van der Waals surface area contributed by atoms with Crippen molar-refractivity contribution in [1.82, 2.24) is 15.0 Å². The van der Waals surface area contributed by atoms with Crippen molar-refractivity contribution in [3.8, 4) is 22.6 Å². The smallest absolute Gasteiger partial charge is 0.238 e. The number of rotatable bonds is 7. The van der Waals surface area contributed by atoms with Gasteiger partial charge in [-0.2, -0.15) is 0 Å². The Kier molecular flexibility index (Phi) is 9.34. The van der Waals surface area contributed by atoms with Crippen LogP contribution in [0.5, 0.6) is 0 Å². The first-order valence-corrected chi connectivity index (χ1v) is 15.1. The average Bonchev–Trinajstić information content (AvgIpc) is 3.36. The first-order chi connectivity index (χ1) is 18.8. The third-order valence-electron chi connectivity index (χ3n) is 7.94. The van der Waals surface area contributed by atoms with Crippen LogP contribution in [0.3, 0.4) is 0 Å². The summed E-state index contributed by atoms with van der Waals surface area (Å²) in [5, 5.41) is 10.9. The molecule has 0 amide bonds. The van der Waals surface area contributed by atoms with Crippen LogP contribution in [0.25, 0.3) is 33.4 Å². The third kappa shape index (κ3) is 6.54. The number of benzene rings is 3. The minimum atomic E-state index is -3.82. The monoisotopic (exact) mass is 593 g/mol. The third-order valence-corrected chi connectivity index (χ3v) is 8.99. The number of primary sulfonamides is 1. The van der Waals surface area contributed by atoms with Gasteiger partial charge in [0.15, 0.2) is 5.82 Å². The number of anilines is 1. The molecule has 0 unspecified atom stereocenters. The number of sulfonamides is 1. The predicted octanol–water partition coefficient (Wildman–Crippen LogP) is 5.74. The Bertz CT molecular complexity index is 1700. The molecule has 2 heterocycles. The Morgan fingerprint density at radius 2 is 1.61 bits per heavy atom. The van der Waals surface area contributed by atoms with E-state index in [2.05, 4.69) is 28.5 Å². The highest BCUT2D eigenvalue weighted by atomic mass is 35.5. The highest BCUT2D eigenvalue weighted by Crippen LogP contribution is 2.36. The molecule has 6 N–H and O–H groups in total. The summed E-state index contributed by atoms with van der Waals surface area (Å²) < 4.78 is 25.1. The zero-order valence-electron chi connectivity index (χ0n) is 22.9. The number of H-pyrrole nitrogens is 1. The van der Waals surface area contributed by atoms with Crippen molar-refractivity contribution < 1.29 is 13.9 Å². The molecule has 41 heavy (non-hydrogen) atoms. The first-order valence-electron chi connectivity index (χ1n) is 13.6. The van der Waals surface area contributed by atoms with Crippen LogP contribution in [0, 0.1) is 18.8 Å². The van der Waals surface area contributed by atoms with E-state index in [1.165, 1.54) is 0 Å². The molecule has 0 aromatic heterocycles. The Morgan fingerprint density at radius 3 is 2.34 bits per heavy atom. The quantitative estimate of drug-likeness (QED) is 0.220. The zero-order valence-corrected chi connectivity index (χ0v) is 24.6. The van der Waals surface area contributed by atoms with Crippen molar-refractivity contribution in [2.75, 3.05) is 11.9 Å². The Balaban J connectivity index is 0.00000194. The minimum absolute atomic E-state index is 0. The summed E-state index contributed by atoms with van der Waals surface area (Å²) in [7, 11) is -3.82. The first kappa shape index (κ1) is 30.5. The summed E-state index contributed by atoms with van der Waals surface area (Å²) >= 11 is 0. The fourth-order valence-corrected chi connectivity index (χ4v) is 7.00. The summed E-state index contributed by atoms with van der Waals surface area (Å²) in [4.78, 5) is 13.2. The van der Waals surface area contributed by atoms with E-state index in [4.69, 9.17) is 15.1 Å². The van der Waals surface area contributed by atoms with Crippen molar-refractivity contribution in [2.24, 2.45) is 17.0 Å².